The minimum atomic E-state index is 0.466. The van der Waals surface area contributed by atoms with Crippen molar-refractivity contribution in [3.8, 4) is 0 Å². The van der Waals surface area contributed by atoms with E-state index in [1.807, 2.05) is 0 Å². The summed E-state index contributed by atoms with van der Waals surface area (Å²) in [4.78, 5) is 0. The van der Waals surface area contributed by atoms with Gasteiger partial charge in [0, 0.05) is 19.7 Å². The van der Waals surface area contributed by atoms with Crippen LogP contribution >= 0.6 is 0 Å². The molecule has 64 valence electrons. The Bertz CT molecular complexity index is 119. The molecule has 2 aliphatic heterocycles. The van der Waals surface area contributed by atoms with E-state index in [2.05, 4.69) is 5.32 Å². The highest BCUT2D eigenvalue weighted by Gasteiger charge is 2.22. The van der Waals surface area contributed by atoms with Crippen molar-refractivity contribution in [1.29, 1.82) is 0 Å². The lowest BCUT2D eigenvalue weighted by atomic mass is 10.2. The van der Waals surface area contributed by atoms with E-state index < -0.39 is 0 Å². The maximum Gasteiger partial charge on any atom is 0.0933 e. The van der Waals surface area contributed by atoms with E-state index in [9.17, 15) is 0 Å². The zero-order valence-corrected chi connectivity index (χ0v) is 6.71. The predicted octanol–water partition coefficient (Wildman–Crippen LogP) is 0.154. The van der Waals surface area contributed by atoms with E-state index in [1.54, 1.807) is 0 Å². The first-order valence-electron chi connectivity index (χ1n) is 4.39. The molecule has 2 heterocycles. The van der Waals surface area contributed by atoms with Crippen molar-refractivity contribution in [2.24, 2.45) is 0 Å². The molecule has 0 bridgehead atoms. The van der Waals surface area contributed by atoms with E-state index in [1.165, 1.54) is 12.8 Å². The van der Waals surface area contributed by atoms with Crippen LogP contribution in [0.15, 0.2) is 0 Å². The number of hydrogen-bond acceptors (Lipinski definition) is 3. The molecule has 0 spiro atoms. The molecule has 2 saturated heterocycles. The van der Waals surface area contributed by atoms with Gasteiger partial charge in [-0.2, -0.15) is 0 Å². The Morgan fingerprint density at radius 2 is 2.00 bits per heavy atom. The lowest BCUT2D eigenvalue weighted by Crippen LogP contribution is -2.29. The van der Waals surface area contributed by atoms with Gasteiger partial charge in [0.25, 0.3) is 0 Å². The van der Waals surface area contributed by atoms with Gasteiger partial charge in [-0.05, 0) is 12.8 Å². The van der Waals surface area contributed by atoms with Crippen molar-refractivity contribution < 1.29 is 9.47 Å². The quantitative estimate of drug-likeness (QED) is 0.590. The Balaban J connectivity index is 1.51. The van der Waals surface area contributed by atoms with Gasteiger partial charge in [-0.15, -0.1) is 0 Å². The van der Waals surface area contributed by atoms with Gasteiger partial charge in [0.15, 0.2) is 0 Å². The van der Waals surface area contributed by atoms with Crippen LogP contribution in [0.1, 0.15) is 12.8 Å². The first-order valence-corrected chi connectivity index (χ1v) is 4.39. The smallest absolute Gasteiger partial charge is 0.0933 e. The lowest BCUT2D eigenvalue weighted by molar-refractivity contribution is 0.110. The highest BCUT2D eigenvalue weighted by atomic mass is 16.6. The van der Waals surface area contributed by atoms with Gasteiger partial charge in [0.1, 0.15) is 0 Å². The number of ether oxygens (including phenoxy) is 2. The van der Waals surface area contributed by atoms with Crippen molar-refractivity contribution >= 4 is 0 Å². The van der Waals surface area contributed by atoms with E-state index in [4.69, 9.17) is 9.47 Å². The van der Waals surface area contributed by atoms with E-state index >= 15 is 0 Å². The SMILES string of the molecule is C1COC(CNCC2CO2)C1. The van der Waals surface area contributed by atoms with Crippen LogP contribution in [0, 0.1) is 0 Å². The van der Waals surface area contributed by atoms with Gasteiger partial charge in [0.05, 0.1) is 18.8 Å². The molecule has 11 heavy (non-hydrogen) atoms. The van der Waals surface area contributed by atoms with Crippen LogP contribution in [-0.2, 0) is 9.47 Å². The third-order valence-electron chi connectivity index (χ3n) is 2.17. The fourth-order valence-corrected chi connectivity index (χ4v) is 1.40. The average Bonchev–Trinajstić information content (AvgIpc) is 2.66. The normalized spacial score (nSPS) is 36.0. The highest BCUT2D eigenvalue weighted by Crippen LogP contribution is 2.11. The summed E-state index contributed by atoms with van der Waals surface area (Å²) in [5.74, 6) is 0. The van der Waals surface area contributed by atoms with E-state index in [-0.39, 0.29) is 0 Å². The molecular formula is C8H15NO2. The molecule has 3 heteroatoms. The highest BCUT2D eigenvalue weighted by molar-refractivity contribution is 4.74. The molecule has 2 fully saturated rings. The minimum Gasteiger partial charge on any atom is -0.377 e. The van der Waals surface area contributed by atoms with Crippen molar-refractivity contribution in [3.63, 3.8) is 0 Å². The third kappa shape index (κ3) is 2.43. The molecule has 0 aromatic carbocycles. The zero-order valence-electron chi connectivity index (χ0n) is 6.71. The summed E-state index contributed by atoms with van der Waals surface area (Å²) in [5, 5.41) is 3.34. The van der Waals surface area contributed by atoms with E-state index in [0.717, 1.165) is 26.3 Å². The van der Waals surface area contributed by atoms with Crippen molar-refractivity contribution in [1.82, 2.24) is 5.32 Å². The van der Waals surface area contributed by atoms with Crippen LogP contribution in [-0.4, -0.2) is 38.5 Å². The largest absolute Gasteiger partial charge is 0.377 e. The van der Waals surface area contributed by atoms with Crippen LogP contribution < -0.4 is 5.32 Å². The Labute approximate surface area is 67.1 Å². The van der Waals surface area contributed by atoms with Crippen molar-refractivity contribution in [2.45, 2.75) is 25.0 Å². The molecule has 1 N–H and O–H groups in total. The van der Waals surface area contributed by atoms with Crippen LogP contribution in [0.4, 0.5) is 0 Å². The monoisotopic (exact) mass is 157 g/mol. The number of rotatable bonds is 4. The summed E-state index contributed by atoms with van der Waals surface area (Å²) in [7, 11) is 0. The van der Waals surface area contributed by atoms with Crippen molar-refractivity contribution in [2.75, 3.05) is 26.3 Å². The average molecular weight is 157 g/mol. The summed E-state index contributed by atoms with van der Waals surface area (Å²) in [6.07, 6.45) is 3.41. The first kappa shape index (κ1) is 7.53. The molecule has 0 amide bonds. The molecule has 2 unspecified atom stereocenters. The van der Waals surface area contributed by atoms with Gasteiger partial charge < -0.3 is 14.8 Å². The summed E-state index contributed by atoms with van der Waals surface area (Å²) in [6, 6.07) is 0. The molecule has 2 rings (SSSR count). The summed E-state index contributed by atoms with van der Waals surface area (Å²) in [5.41, 5.74) is 0. The summed E-state index contributed by atoms with van der Waals surface area (Å²) >= 11 is 0. The second kappa shape index (κ2) is 3.52. The first-order chi connectivity index (χ1) is 5.45. The van der Waals surface area contributed by atoms with Crippen molar-refractivity contribution in [3.05, 3.63) is 0 Å². The standard InChI is InChI=1S/C8H15NO2/c1-2-7(10-3-1)4-9-5-8-6-11-8/h7-9H,1-6H2. The van der Waals surface area contributed by atoms with Gasteiger partial charge >= 0.3 is 0 Å². The molecule has 0 aromatic rings. The van der Waals surface area contributed by atoms with Crippen LogP contribution in [0.25, 0.3) is 0 Å². The van der Waals surface area contributed by atoms with Crippen LogP contribution in [0.3, 0.4) is 0 Å². The molecule has 3 nitrogen and oxygen atoms in total. The second-order valence-corrected chi connectivity index (χ2v) is 3.25. The molecule has 0 aliphatic carbocycles. The molecular weight excluding hydrogens is 142 g/mol. The number of nitrogens with one attached hydrogen (secondary N) is 1. The Morgan fingerprint density at radius 1 is 1.18 bits per heavy atom. The predicted molar refractivity (Wildman–Crippen MR) is 41.6 cm³/mol. The fourth-order valence-electron chi connectivity index (χ4n) is 1.40. The van der Waals surface area contributed by atoms with Crippen LogP contribution in [0.2, 0.25) is 0 Å². The second-order valence-electron chi connectivity index (χ2n) is 3.25. The molecule has 2 aliphatic rings. The van der Waals surface area contributed by atoms with Gasteiger partial charge in [-0.25, -0.2) is 0 Å². The Kier molecular flexibility index (Phi) is 2.41. The maximum absolute atomic E-state index is 5.45. The zero-order chi connectivity index (χ0) is 7.52. The maximum atomic E-state index is 5.45. The van der Waals surface area contributed by atoms with E-state index in [0.29, 0.717) is 12.2 Å². The van der Waals surface area contributed by atoms with Gasteiger partial charge in [-0.3, -0.25) is 0 Å². The molecule has 0 aromatic heterocycles. The number of hydrogen-bond donors (Lipinski definition) is 1. The fraction of sp³-hybridized carbons (Fsp3) is 1.00. The topological polar surface area (TPSA) is 33.8 Å². The third-order valence-corrected chi connectivity index (χ3v) is 2.17. The lowest BCUT2D eigenvalue weighted by Gasteiger charge is -2.08. The molecule has 0 saturated carbocycles. The Hall–Kier alpha value is -0.120. The summed E-state index contributed by atoms with van der Waals surface area (Å²) in [6.45, 7) is 3.89. The molecule has 0 radical (unpaired) electrons. The molecule has 2 atom stereocenters. The summed E-state index contributed by atoms with van der Waals surface area (Å²) < 4.78 is 10.5. The number of epoxide rings is 1. The Morgan fingerprint density at radius 3 is 2.64 bits per heavy atom. The van der Waals surface area contributed by atoms with Gasteiger partial charge in [0.2, 0.25) is 0 Å². The van der Waals surface area contributed by atoms with Gasteiger partial charge in [-0.1, -0.05) is 0 Å². The van der Waals surface area contributed by atoms with Crippen LogP contribution in [0.5, 0.6) is 0 Å². The minimum absolute atomic E-state index is 0.466.